The molecule has 0 saturated heterocycles. The molecule has 1 aliphatic rings. The number of nitrogens with two attached hydrogens (primary N) is 1. The number of aryl methyl sites for hydroxylation is 1. The smallest absolute Gasteiger partial charge is 0.416 e. The molecule has 1 aliphatic heterocycles. The molecule has 3 aromatic rings. The molecule has 0 saturated carbocycles. The number of aromatic nitrogens is 1. The molecule has 0 spiro atoms. The molecule has 2 heterocycles. The second kappa shape index (κ2) is 7.07. The van der Waals surface area contributed by atoms with Gasteiger partial charge in [-0.3, -0.25) is 0 Å². The first-order chi connectivity index (χ1) is 13.4. The third-order valence-corrected chi connectivity index (χ3v) is 4.57. The van der Waals surface area contributed by atoms with Crippen LogP contribution in [0, 0.1) is 0 Å². The number of ether oxygens (including phenoxy) is 2. The van der Waals surface area contributed by atoms with Crippen molar-refractivity contribution in [1.82, 2.24) is 4.98 Å². The number of pyridine rings is 1. The molecule has 1 aromatic heterocycles. The fourth-order valence-electron chi connectivity index (χ4n) is 3.26. The number of alkyl halides is 3. The SMILES string of the molecule is Nc1ccc(Oc2ccc3c(c2)CCC(c2ccccc2C(F)(F)F)O3)nc1. The van der Waals surface area contributed by atoms with E-state index < -0.39 is 17.8 Å². The van der Waals surface area contributed by atoms with Crippen molar-refractivity contribution in [2.24, 2.45) is 0 Å². The van der Waals surface area contributed by atoms with Gasteiger partial charge in [0.1, 0.15) is 17.6 Å². The van der Waals surface area contributed by atoms with E-state index >= 15 is 0 Å². The highest BCUT2D eigenvalue weighted by atomic mass is 19.4. The van der Waals surface area contributed by atoms with Crippen molar-refractivity contribution in [2.75, 3.05) is 5.73 Å². The summed E-state index contributed by atoms with van der Waals surface area (Å²) in [6.45, 7) is 0. The van der Waals surface area contributed by atoms with E-state index in [1.807, 2.05) is 6.07 Å². The monoisotopic (exact) mass is 386 g/mol. The Labute approximate surface area is 159 Å². The van der Waals surface area contributed by atoms with Crippen molar-refractivity contribution in [3.05, 3.63) is 77.5 Å². The molecule has 1 unspecified atom stereocenters. The molecular weight excluding hydrogens is 369 g/mol. The lowest BCUT2D eigenvalue weighted by atomic mass is 9.94. The van der Waals surface area contributed by atoms with Crippen LogP contribution >= 0.6 is 0 Å². The van der Waals surface area contributed by atoms with Gasteiger partial charge in [0.25, 0.3) is 0 Å². The molecule has 4 rings (SSSR count). The fraction of sp³-hybridized carbons (Fsp3) is 0.190. The molecule has 0 bridgehead atoms. The fourth-order valence-corrected chi connectivity index (χ4v) is 3.26. The van der Waals surface area contributed by atoms with Crippen LogP contribution in [-0.2, 0) is 12.6 Å². The largest absolute Gasteiger partial charge is 0.485 e. The van der Waals surface area contributed by atoms with Crippen molar-refractivity contribution in [3.8, 4) is 17.4 Å². The number of hydrogen-bond donors (Lipinski definition) is 1. The molecule has 0 radical (unpaired) electrons. The van der Waals surface area contributed by atoms with E-state index in [1.54, 1.807) is 30.3 Å². The molecular formula is C21H17F3N2O2. The average molecular weight is 386 g/mol. The van der Waals surface area contributed by atoms with Crippen LogP contribution in [0.3, 0.4) is 0 Å². The number of anilines is 1. The van der Waals surface area contributed by atoms with Crippen LogP contribution in [0.1, 0.15) is 29.2 Å². The number of benzene rings is 2. The molecule has 0 aliphatic carbocycles. The summed E-state index contributed by atoms with van der Waals surface area (Å²) in [6, 6.07) is 14.1. The Morgan fingerprint density at radius 2 is 1.89 bits per heavy atom. The molecule has 144 valence electrons. The molecule has 7 heteroatoms. The minimum absolute atomic E-state index is 0.159. The van der Waals surface area contributed by atoms with Crippen LogP contribution in [-0.4, -0.2) is 4.98 Å². The van der Waals surface area contributed by atoms with Crippen molar-refractivity contribution < 1.29 is 22.6 Å². The van der Waals surface area contributed by atoms with E-state index in [2.05, 4.69) is 4.98 Å². The van der Waals surface area contributed by atoms with Gasteiger partial charge in [0, 0.05) is 11.6 Å². The number of nitrogen functional groups attached to an aromatic ring is 1. The summed E-state index contributed by atoms with van der Waals surface area (Å²) < 4.78 is 51.5. The first kappa shape index (κ1) is 18.2. The third kappa shape index (κ3) is 3.74. The van der Waals surface area contributed by atoms with Crippen molar-refractivity contribution in [1.29, 1.82) is 0 Å². The van der Waals surface area contributed by atoms with Crippen LogP contribution in [0.2, 0.25) is 0 Å². The molecule has 4 nitrogen and oxygen atoms in total. The van der Waals surface area contributed by atoms with Gasteiger partial charge in [-0.1, -0.05) is 18.2 Å². The molecule has 2 aromatic carbocycles. The summed E-state index contributed by atoms with van der Waals surface area (Å²) in [5.74, 6) is 1.54. The van der Waals surface area contributed by atoms with E-state index in [4.69, 9.17) is 15.2 Å². The zero-order valence-electron chi connectivity index (χ0n) is 14.7. The van der Waals surface area contributed by atoms with Gasteiger partial charge >= 0.3 is 6.18 Å². The minimum atomic E-state index is -4.41. The van der Waals surface area contributed by atoms with E-state index in [1.165, 1.54) is 18.3 Å². The summed E-state index contributed by atoms with van der Waals surface area (Å²) in [4.78, 5) is 4.09. The lowest BCUT2D eigenvalue weighted by Gasteiger charge is -2.28. The Balaban J connectivity index is 1.55. The highest BCUT2D eigenvalue weighted by Gasteiger charge is 2.36. The molecule has 0 amide bonds. The Bertz CT molecular complexity index is 988. The summed E-state index contributed by atoms with van der Waals surface area (Å²) in [5, 5.41) is 0. The molecule has 0 fully saturated rings. The summed E-state index contributed by atoms with van der Waals surface area (Å²) in [6.07, 6.45) is -2.53. The van der Waals surface area contributed by atoms with Gasteiger partial charge in [-0.15, -0.1) is 0 Å². The normalized spacial score (nSPS) is 16.2. The van der Waals surface area contributed by atoms with Crippen molar-refractivity contribution in [3.63, 3.8) is 0 Å². The van der Waals surface area contributed by atoms with Crippen LogP contribution in [0.4, 0.5) is 18.9 Å². The van der Waals surface area contributed by atoms with Crippen LogP contribution < -0.4 is 15.2 Å². The lowest BCUT2D eigenvalue weighted by Crippen LogP contribution is -2.19. The minimum Gasteiger partial charge on any atom is -0.485 e. The first-order valence-corrected chi connectivity index (χ1v) is 8.75. The van der Waals surface area contributed by atoms with Gasteiger partial charge in [0.05, 0.1) is 17.4 Å². The number of nitrogens with zero attached hydrogens (tertiary/aromatic N) is 1. The highest BCUT2D eigenvalue weighted by molar-refractivity contribution is 5.45. The number of rotatable bonds is 3. The number of fused-ring (bicyclic) bond motifs is 1. The topological polar surface area (TPSA) is 57.4 Å². The summed E-state index contributed by atoms with van der Waals surface area (Å²) >= 11 is 0. The zero-order valence-corrected chi connectivity index (χ0v) is 14.7. The van der Waals surface area contributed by atoms with Crippen LogP contribution in [0.25, 0.3) is 0 Å². The maximum atomic E-state index is 13.3. The van der Waals surface area contributed by atoms with Crippen molar-refractivity contribution >= 4 is 5.69 Å². The maximum Gasteiger partial charge on any atom is 0.416 e. The second-order valence-corrected chi connectivity index (χ2v) is 6.53. The Kier molecular flexibility index (Phi) is 4.58. The predicted molar refractivity (Wildman–Crippen MR) is 98.3 cm³/mol. The van der Waals surface area contributed by atoms with Gasteiger partial charge in [-0.25, -0.2) is 4.98 Å². The van der Waals surface area contributed by atoms with E-state index in [-0.39, 0.29) is 5.56 Å². The molecule has 2 N–H and O–H groups in total. The van der Waals surface area contributed by atoms with Crippen LogP contribution in [0.15, 0.2) is 60.8 Å². The van der Waals surface area contributed by atoms with E-state index in [0.717, 1.165) is 11.6 Å². The third-order valence-electron chi connectivity index (χ3n) is 4.57. The Hall–Kier alpha value is -3.22. The zero-order chi connectivity index (χ0) is 19.7. The molecule has 1 atom stereocenters. The predicted octanol–water partition coefficient (Wildman–Crippen LogP) is 5.54. The quantitative estimate of drug-likeness (QED) is 0.642. The number of hydrogen-bond acceptors (Lipinski definition) is 4. The second-order valence-electron chi connectivity index (χ2n) is 6.53. The van der Waals surface area contributed by atoms with Gasteiger partial charge in [-0.05, 0) is 48.7 Å². The van der Waals surface area contributed by atoms with Gasteiger partial charge < -0.3 is 15.2 Å². The Morgan fingerprint density at radius 3 is 2.64 bits per heavy atom. The summed E-state index contributed by atoms with van der Waals surface area (Å²) in [7, 11) is 0. The van der Waals surface area contributed by atoms with Gasteiger partial charge in [0.15, 0.2) is 0 Å². The van der Waals surface area contributed by atoms with Crippen LogP contribution in [0.5, 0.6) is 17.4 Å². The standard InChI is InChI=1S/C21H17F3N2O2/c22-21(23,24)17-4-2-1-3-16(17)19-8-5-13-11-15(7-9-18(13)28-19)27-20-10-6-14(25)12-26-20/h1-4,6-7,9-12,19H,5,8,25H2. The Morgan fingerprint density at radius 1 is 1.07 bits per heavy atom. The van der Waals surface area contributed by atoms with Crippen molar-refractivity contribution in [2.45, 2.75) is 25.1 Å². The number of halogens is 3. The maximum absolute atomic E-state index is 13.3. The van der Waals surface area contributed by atoms with Gasteiger partial charge in [0.2, 0.25) is 5.88 Å². The molecule has 28 heavy (non-hydrogen) atoms. The van der Waals surface area contributed by atoms with Gasteiger partial charge in [-0.2, -0.15) is 13.2 Å². The lowest BCUT2D eigenvalue weighted by molar-refractivity contribution is -0.139. The first-order valence-electron chi connectivity index (χ1n) is 8.75. The summed E-state index contributed by atoms with van der Waals surface area (Å²) in [5.41, 5.74) is 6.53. The highest BCUT2D eigenvalue weighted by Crippen LogP contribution is 2.41. The van der Waals surface area contributed by atoms with E-state index in [0.29, 0.717) is 35.9 Å². The van der Waals surface area contributed by atoms with E-state index in [9.17, 15) is 13.2 Å². The average Bonchev–Trinajstić information content (AvgIpc) is 2.69.